The van der Waals surface area contributed by atoms with Crippen molar-refractivity contribution in [1.82, 2.24) is 9.13 Å². The van der Waals surface area contributed by atoms with Crippen molar-refractivity contribution in [3.63, 3.8) is 0 Å². The van der Waals surface area contributed by atoms with Crippen LogP contribution in [0, 0.1) is 0 Å². The zero-order valence-electron chi connectivity index (χ0n) is 18.0. The van der Waals surface area contributed by atoms with E-state index in [1.165, 1.54) is 15.9 Å². The van der Waals surface area contributed by atoms with Crippen molar-refractivity contribution < 1.29 is 9.53 Å². The lowest BCUT2D eigenvalue weighted by atomic mass is 10.1. The highest BCUT2D eigenvalue weighted by Crippen LogP contribution is 2.35. The average molecular weight is 481 g/mol. The molecule has 5 rings (SSSR count). The van der Waals surface area contributed by atoms with E-state index in [1.54, 1.807) is 48.5 Å². The predicted octanol–water partition coefficient (Wildman–Crippen LogP) is 4.64. The fourth-order valence-electron chi connectivity index (χ4n) is 4.33. The van der Waals surface area contributed by atoms with Gasteiger partial charge in [0.2, 0.25) is 0 Å². The van der Waals surface area contributed by atoms with E-state index in [1.807, 2.05) is 6.92 Å². The molecule has 0 N–H and O–H groups in total. The van der Waals surface area contributed by atoms with Crippen molar-refractivity contribution in [1.29, 1.82) is 0 Å². The number of halogens is 1. The van der Waals surface area contributed by atoms with Gasteiger partial charge >= 0.3 is 5.69 Å². The Hall–Kier alpha value is -3.16. The molecule has 1 aliphatic carbocycles. The first-order valence-electron chi connectivity index (χ1n) is 10.8. The summed E-state index contributed by atoms with van der Waals surface area (Å²) in [5.74, 6) is 0.462. The maximum absolute atomic E-state index is 13.6. The number of nitrogens with zero attached hydrogens (tertiary/aromatic N) is 2. The molecule has 4 aromatic rings. The Labute approximate surface area is 198 Å². The molecule has 2 aromatic carbocycles. The second-order valence-electron chi connectivity index (χ2n) is 7.91. The molecule has 0 saturated heterocycles. The van der Waals surface area contributed by atoms with Crippen LogP contribution in [-0.2, 0) is 19.4 Å². The van der Waals surface area contributed by atoms with Crippen molar-refractivity contribution in [2.24, 2.45) is 0 Å². The lowest BCUT2D eigenvalue weighted by molar-refractivity contribution is 0.0971. The van der Waals surface area contributed by atoms with Crippen LogP contribution in [0.4, 0.5) is 0 Å². The van der Waals surface area contributed by atoms with Gasteiger partial charge in [-0.05, 0) is 74.2 Å². The number of thiophene rings is 1. The quantitative estimate of drug-likeness (QED) is 0.377. The number of carbonyl (C=O) groups is 1. The van der Waals surface area contributed by atoms with E-state index in [2.05, 4.69) is 0 Å². The van der Waals surface area contributed by atoms with Crippen LogP contribution in [0.5, 0.6) is 5.75 Å². The zero-order valence-corrected chi connectivity index (χ0v) is 19.5. The molecule has 0 atom stereocenters. The van der Waals surface area contributed by atoms with Crippen molar-refractivity contribution in [2.45, 2.75) is 32.7 Å². The highest BCUT2D eigenvalue weighted by atomic mass is 35.5. The van der Waals surface area contributed by atoms with Gasteiger partial charge in [0.25, 0.3) is 5.56 Å². The van der Waals surface area contributed by atoms with Gasteiger partial charge in [-0.3, -0.25) is 14.2 Å². The summed E-state index contributed by atoms with van der Waals surface area (Å²) in [6, 6.07) is 13.5. The van der Waals surface area contributed by atoms with Crippen LogP contribution in [0.1, 0.15) is 34.1 Å². The second-order valence-corrected chi connectivity index (χ2v) is 9.43. The van der Waals surface area contributed by atoms with Crippen LogP contribution in [0.15, 0.2) is 58.1 Å². The van der Waals surface area contributed by atoms with E-state index in [-0.39, 0.29) is 17.9 Å². The SMILES string of the molecule is CCOc1ccc(C(=O)Cn2c(=O)n(-c3cccc(Cl)c3)c(=O)c3c4c(sc32)CCC4)cc1. The Morgan fingerprint density at radius 3 is 2.64 bits per heavy atom. The topological polar surface area (TPSA) is 70.3 Å². The number of fused-ring (bicyclic) bond motifs is 3. The summed E-state index contributed by atoms with van der Waals surface area (Å²) in [6.07, 6.45) is 2.66. The summed E-state index contributed by atoms with van der Waals surface area (Å²) in [5.41, 5.74) is 0.955. The van der Waals surface area contributed by atoms with Gasteiger partial charge in [0, 0.05) is 15.5 Å². The molecule has 0 unspecified atom stereocenters. The molecule has 0 bridgehead atoms. The molecule has 0 radical (unpaired) electrons. The number of ketones is 1. The minimum Gasteiger partial charge on any atom is -0.494 e. The summed E-state index contributed by atoms with van der Waals surface area (Å²) < 4.78 is 8.00. The number of rotatable bonds is 6. The van der Waals surface area contributed by atoms with Crippen LogP contribution in [0.3, 0.4) is 0 Å². The highest BCUT2D eigenvalue weighted by molar-refractivity contribution is 7.19. The Balaban J connectivity index is 1.67. The summed E-state index contributed by atoms with van der Waals surface area (Å²) in [6.45, 7) is 2.27. The first-order chi connectivity index (χ1) is 16.0. The van der Waals surface area contributed by atoms with Gasteiger partial charge in [-0.1, -0.05) is 17.7 Å². The Morgan fingerprint density at radius 2 is 1.91 bits per heavy atom. The van der Waals surface area contributed by atoms with Crippen molar-refractivity contribution in [2.75, 3.05) is 6.61 Å². The molecule has 0 spiro atoms. The van der Waals surface area contributed by atoms with E-state index in [4.69, 9.17) is 16.3 Å². The molecule has 2 heterocycles. The lowest BCUT2D eigenvalue weighted by Gasteiger charge is -2.13. The molecular formula is C25H21ClN2O4S. The van der Waals surface area contributed by atoms with E-state index < -0.39 is 5.69 Å². The number of hydrogen-bond acceptors (Lipinski definition) is 5. The summed E-state index contributed by atoms with van der Waals surface area (Å²) >= 11 is 7.59. The van der Waals surface area contributed by atoms with Crippen LogP contribution in [-0.4, -0.2) is 21.5 Å². The third-order valence-corrected chi connectivity index (χ3v) is 7.39. The number of ether oxygens (including phenoxy) is 1. The van der Waals surface area contributed by atoms with Crippen LogP contribution in [0.2, 0.25) is 5.02 Å². The molecule has 1 aliphatic rings. The van der Waals surface area contributed by atoms with Gasteiger partial charge in [0.15, 0.2) is 5.78 Å². The highest BCUT2D eigenvalue weighted by Gasteiger charge is 2.26. The standard InChI is InChI=1S/C25H21ClN2O4S/c1-2-32-18-11-9-15(10-12-18)20(29)14-27-24-22(19-7-4-8-21(19)33-24)23(30)28(25(27)31)17-6-3-5-16(26)13-17/h3,5-6,9-13H,2,4,7-8,14H2,1H3. The van der Waals surface area contributed by atoms with Gasteiger partial charge in [0.05, 0.1) is 24.2 Å². The molecule has 0 fully saturated rings. The molecule has 0 aliphatic heterocycles. The largest absolute Gasteiger partial charge is 0.494 e. The minimum absolute atomic E-state index is 0.163. The van der Waals surface area contributed by atoms with Crippen molar-refractivity contribution in [3.8, 4) is 11.4 Å². The van der Waals surface area contributed by atoms with Gasteiger partial charge in [-0.15, -0.1) is 11.3 Å². The number of hydrogen-bond donors (Lipinski definition) is 0. The Kier molecular flexibility index (Phi) is 5.68. The molecule has 2 aromatic heterocycles. The van der Waals surface area contributed by atoms with E-state index in [0.29, 0.717) is 38.8 Å². The van der Waals surface area contributed by atoms with E-state index in [9.17, 15) is 14.4 Å². The molecular weight excluding hydrogens is 460 g/mol. The van der Waals surface area contributed by atoms with Crippen molar-refractivity contribution >= 4 is 38.9 Å². The fourth-order valence-corrected chi connectivity index (χ4v) is 5.88. The molecule has 0 amide bonds. The average Bonchev–Trinajstić information content (AvgIpc) is 3.39. The first kappa shape index (κ1) is 21.7. The van der Waals surface area contributed by atoms with Gasteiger partial charge in [0.1, 0.15) is 10.6 Å². The molecule has 33 heavy (non-hydrogen) atoms. The third-order valence-electron chi connectivity index (χ3n) is 5.84. The number of benzene rings is 2. The Morgan fingerprint density at radius 1 is 1.12 bits per heavy atom. The monoisotopic (exact) mass is 480 g/mol. The van der Waals surface area contributed by atoms with E-state index in [0.717, 1.165) is 34.3 Å². The zero-order chi connectivity index (χ0) is 23.1. The number of aromatic nitrogens is 2. The minimum atomic E-state index is -0.547. The summed E-state index contributed by atoms with van der Waals surface area (Å²) in [7, 11) is 0. The number of Topliss-reactive ketones (excluding diaryl/α,β-unsaturated/α-hetero) is 1. The summed E-state index contributed by atoms with van der Waals surface area (Å²) in [4.78, 5) is 41.9. The third kappa shape index (κ3) is 3.81. The molecule has 0 saturated carbocycles. The van der Waals surface area contributed by atoms with Gasteiger partial charge in [-0.2, -0.15) is 0 Å². The van der Waals surface area contributed by atoms with Crippen LogP contribution in [0.25, 0.3) is 15.9 Å². The molecule has 6 nitrogen and oxygen atoms in total. The smallest absolute Gasteiger partial charge is 0.337 e. The second kappa shape index (κ2) is 8.65. The fraction of sp³-hybridized carbons (Fsp3) is 0.240. The molecule has 168 valence electrons. The normalized spacial score (nSPS) is 12.8. The van der Waals surface area contributed by atoms with Gasteiger partial charge in [-0.25, -0.2) is 9.36 Å². The van der Waals surface area contributed by atoms with Crippen LogP contribution >= 0.6 is 22.9 Å². The first-order valence-corrected chi connectivity index (χ1v) is 12.0. The predicted molar refractivity (Wildman–Crippen MR) is 131 cm³/mol. The summed E-state index contributed by atoms with van der Waals surface area (Å²) in [5, 5.41) is 0.957. The Bertz CT molecular complexity index is 1500. The maximum Gasteiger partial charge on any atom is 0.337 e. The van der Waals surface area contributed by atoms with E-state index >= 15 is 0 Å². The van der Waals surface area contributed by atoms with Crippen LogP contribution < -0.4 is 16.0 Å². The molecule has 8 heteroatoms. The van der Waals surface area contributed by atoms with Crippen molar-refractivity contribution in [3.05, 3.63) is 90.4 Å². The lowest BCUT2D eigenvalue weighted by Crippen LogP contribution is -2.39. The maximum atomic E-state index is 13.6. The number of aryl methyl sites for hydroxylation is 2. The van der Waals surface area contributed by atoms with Gasteiger partial charge < -0.3 is 4.74 Å². The number of carbonyl (C=O) groups excluding carboxylic acids is 1.